The van der Waals surface area contributed by atoms with E-state index >= 15 is 0 Å². The Morgan fingerprint density at radius 3 is 2.11 bits per heavy atom. The van der Waals surface area contributed by atoms with E-state index in [1.54, 1.807) is 12.4 Å². The molecule has 0 fully saturated rings. The molecule has 0 N–H and O–H groups in total. The van der Waals surface area contributed by atoms with Crippen LogP contribution in [-0.4, -0.2) is 14.5 Å². The second-order valence-electron chi connectivity index (χ2n) is 9.07. The Balaban J connectivity index is 1.38. The Hall–Kier alpha value is -4.76. The van der Waals surface area contributed by atoms with E-state index in [-0.39, 0.29) is 0 Å². The van der Waals surface area contributed by atoms with Gasteiger partial charge in [0.1, 0.15) is 5.52 Å². The molecule has 0 spiro atoms. The molecule has 5 aromatic carbocycles. The molecule has 7 aromatic rings. The van der Waals surface area contributed by atoms with Crippen molar-refractivity contribution in [1.29, 1.82) is 0 Å². The van der Waals surface area contributed by atoms with Crippen LogP contribution < -0.4 is 0 Å². The number of fused-ring (bicyclic) bond motifs is 6. The monoisotopic (exact) mass is 445 g/mol. The Kier molecular flexibility index (Phi) is 3.66. The fraction of sp³-hybridized carbons (Fsp3) is 0. The van der Waals surface area contributed by atoms with Crippen LogP contribution in [0, 0.1) is 0 Å². The molecule has 0 bridgehead atoms. The summed E-state index contributed by atoms with van der Waals surface area (Å²) in [5, 5.41) is 3.75. The molecule has 2 heterocycles. The lowest BCUT2D eigenvalue weighted by molar-refractivity contribution is 1.12. The van der Waals surface area contributed by atoms with Gasteiger partial charge in [-0.15, -0.1) is 0 Å². The van der Waals surface area contributed by atoms with Crippen LogP contribution in [0.25, 0.3) is 71.9 Å². The molecule has 0 atom stereocenters. The maximum absolute atomic E-state index is 4.70. The van der Waals surface area contributed by atoms with Crippen molar-refractivity contribution in [3.8, 4) is 39.1 Å². The number of rotatable bonds is 2. The van der Waals surface area contributed by atoms with Gasteiger partial charge in [-0.25, -0.2) is 4.98 Å². The van der Waals surface area contributed by atoms with Crippen molar-refractivity contribution in [3.05, 3.63) is 116 Å². The highest BCUT2D eigenvalue weighted by atomic mass is 15.1. The standard InChI is InChI=1S/C32H19N3/c1-2-10-24-23(9-1)26-13-6-12-25-22(15-16-27(24)30(25)26)20-7-5-8-21(19-20)35-29-14-4-3-11-28(29)31-32(35)34-18-17-33-31/h1-19H. The van der Waals surface area contributed by atoms with E-state index in [0.29, 0.717) is 0 Å². The lowest BCUT2D eigenvalue weighted by atomic mass is 9.94. The predicted octanol–water partition coefficient (Wildman–Crippen LogP) is 8.04. The molecular weight excluding hydrogens is 426 g/mol. The van der Waals surface area contributed by atoms with Gasteiger partial charge >= 0.3 is 0 Å². The second kappa shape index (κ2) is 6.87. The van der Waals surface area contributed by atoms with Crippen molar-refractivity contribution in [2.45, 2.75) is 0 Å². The molecule has 0 aliphatic heterocycles. The smallest absolute Gasteiger partial charge is 0.164 e. The average Bonchev–Trinajstić information content (AvgIpc) is 3.44. The second-order valence-corrected chi connectivity index (χ2v) is 9.07. The van der Waals surface area contributed by atoms with Gasteiger partial charge in [0.15, 0.2) is 5.65 Å². The molecule has 0 unspecified atom stereocenters. The van der Waals surface area contributed by atoms with Gasteiger partial charge in [0.05, 0.1) is 5.52 Å². The first-order valence-corrected chi connectivity index (χ1v) is 11.8. The third-order valence-electron chi connectivity index (χ3n) is 7.25. The zero-order valence-corrected chi connectivity index (χ0v) is 18.8. The number of hydrogen-bond acceptors (Lipinski definition) is 2. The Labute approximate surface area is 202 Å². The molecule has 8 rings (SSSR count). The van der Waals surface area contributed by atoms with Crippen LogP contribution in [0.3, 0.4) is 0 Å². The van der Waals surface area contributed by atoms with Crippen LogP contribution in [0.2, 0.25) is 0 Å². The van der Waals surface area contributed by atoms with Crippen LogP contribution >= 0.6 is 0 Å². The van der Waals surface area contributed by atoms with Crippen molar-refractivity contribution in [3.63, 3.8) is 0 Å². The van der Waals surface area contributed by atoms with E-state index < -0.39 is 0 Å². The van der Waals surface area contributed by atoms with Crippen LogP contribution in [0.15, 0.2) is 116 Å². The number of para-hydroxylation sites is 1. The summed E-state index contributed by atoms with van der Waals surface area (Å²) in [5.74, 6) is 0. The van der Waals surface area contributed by atoms with E-state index in [1.807, 2.05) is 0 Å². The summed E-state index contributed by atoms with van der Waals surface area (Å²) < 4.78 is 2.22. The molecule has 0 saturated heterocycles. The van der Waals surface area contributed by atoms with Crippen molar-refractivity contribution in [2.24, 2.45) is 0 Å². The first-order chi connectivity index (χ1) is 17.4. The average molecular weight is 446 g/mol. The van der Waals surface area contributed by atoms with Crippen molar-refractivity contribution in [1.82, 2.24) is 14.5 Å². The lowest BCUT2D eigenvalue weighted by Gasteiger charge is -2.12. The molecule has 162 valence electrons. The summed E-state index contributed by atoms with van der Waals surface area (Å²) in [6.45, 7) is 0. The fourth-order valence-electron chi connectivity index (χ4n) is 5.80. The topological polar surface area (TPSA) is 30.7 Å². The van der Waals surface area contributed by atoms with Crippen molar-refractivity contribution < 1.29 is 0 Å². The van der Waals surface area contributed by atoms with Crippen molar-refractivity contribution >= 4 is 32.8 Å². The SMILES string of the molecule is c1cc(-c2ccc3c4c(cccc24)-c2ccccc2-3)cc(-n2c3ccccc3c3nccnc32)c1. The van der Waals surface area contributed by atoms with Gasteiger partial charge in [-0.05, 0) is 62.4 Å². The molecule has 0 radical (unpaired) electrons. The molecule has 0 amide bonds. The third-order valence-corrected chi connectivity index (χ3v) is 7.25. The van der Waals surface area contributed by atoms with Gasteiger partial charge in [0.25, 0.3) is 0 Å². The summed E-state index contributed by atoms with van der Waals surface area (Å²) in [7, 11) is 0. The molecule has 1 aliphatic carbocycles. The van der Waals surface area contributed by atoms with E-state index in [9.17, 15) is 0 Å². The van der Waals surface area contributed by atoms with Gasteiger partial charge < -0.3 is 0 Å². The molecule has 1 aliphatic rings. The fourth-order valence-corrected chi connectivity index (χ4v) is 5.80. The number of hydrogen-bond donors (Lipinski definition) is 0. The zero-order valence-electron chi connectivity index (χ0n) is 18.8. The molecule has 3 heteroatoms. The maximum Gasteiger partial charge on any atom is 0.164 e. The van der Waals surface area contributed by atoms with Gasteiger partial charge in [-0.2, -0.15) is 0 Å². The molecule has 2 aromatic heterocycles. The number of aromatic nitrogens is 3. The van der Waals surface area contributed by atoms with Gasteiger partial charge in [-0.3, -0.25) is 9.55 Å². The highest BCUT2D eigenvalue weighted by Crippen LogP contribution is 2.49. The Morgan fingerprint density at radius 1 is 0.514 bits per heavy atom. The number of benzene rings is 5. The Bertz CT molecular complexity index is 1880. The molecule has 35 heavy (non-hydrogen) atoms. The summed E-state index contributed by atoms with van der Waals surface area (Å²) in [4.78, 5) is 9.34. The minimum atomic E-state index is 0.877. The summed E-state index contributed by atoms with van der Waals surface area (Å²) in [6.07, 6.45) is 3.53. The van der Waals surface area contributed by atoms with E-state index in [1.165, 1.54) is 44.2 Å². The minimum Gasteiger partial charge on any atom is -0.293 e. The van der Waals surface area contributed by atoms with Crippen LogP contribution in [0.1, 0.15) is 0 Å². The van der Waals surface area contributed by atoms with E-state index in [2.05, 4.69) is 113 Å². The number of nitrogens with zero attached hydrogens (tertiary/aromatic N) is 3. The van der Waals surface area contributed by atoms with Crippen LogP contribution in [0.4, 0.5) is 0 Å². The normalized spacial score (nSPS) is 12.0. The highest BCUT2D eigenvalue weighted by Gasteiger charge is 2.22. The van der Waals surface area contributed by atoms with Crippen LogP contribution in [-0.2, 0) is 0 Å². The van der Waals surface area contributed by atoms with E-state index in [0.717, 1.165) is 27.8 Å². The molecular formula is C32H19N3. The quantitative estimate of drug-likeness (QED) is 0.269. The lowest BCUT2D eigenvalue weighted by Crippen LogP contribution is -1.96. The Morgan fingerprint density at radius 2 is 1.20 bits per heavy atom. The maximum atomic E-state index is 4.70. The predicted molar refractivity (Wildman–Crippen MR) is 144 cm³/mol. The van der Waals surface area contributed by atoms with Gasteiger partial charge in [0, 0.05) is 23.5 Å². The largest absolute Gasteiger partial charge is 0.293 e. The first-order valence-electron chi connectivity index (χ1n) is 11.8. The summed E-state index contributed by atoms with van der Waals surface area (Å²) in [5.41, 5.74) is 11.7. The van der Waals surface area contributed by atoms with Crippen molar-refractivity contribution in [2.75, 3.05) is 0 Å². The molecule has 3 nitrogen and oxygen atoms in total. The third kappa shape index (κ3) is 2.50. The summed E-state index contributed by atoms with van der Waals surface area (Å²) >= 11 is 0. The van der Waals surface area contributed by atoms with Gasteiger partial charge in [-0.1, -0.05) is 84.9 Å². The minimum absolute atomic E-state index is 0.877. The zero-order chi connectivity index (χ0) is 22.9. The van der Waals surface area contributed by atoms with Crippen LogP contribution in [0.5, 0.6) is 0 Å². The summed E-state index contributed by atoms with van der Waals surface area (Å²) in [6, 6.07) is 37.1. The molecule has 0 saturated carbocycles. The highest BCUT2D eigenvalue weighted by molar-refractivity contribution is 6.18. The van der Waals surface area contributed by atoms with Gasteiger partial charge in [0.2, 0.25) is 0 Å². The van der Waals surface area contributed by atoms with E-state index in [4.69, 9.17) is 4.98 Å². The first kappa shape index (κ1) is 18.6.